The smallest absolute Gasteiger partial charge is 0.170 e. The summed E-state index contributed by atoms with van der Waals surface area (Å²) < 4.78 is 0. The highest BCUT2D eigenvalue weighted by Crippen LogP contribution is 2.23. The first-order valence-electron chi connectivity index (χ1n) is 5.01. The molecular formula is C13H12N2O. The minimum atomic E-state index is -0.0502. The van der Waals surface area contributed by atoms with Gasteiger partial charge in [-0.05, 0) is 6.07 Å². The maximum Gasteiger partial charge on any atom is 0.170 e. The number of carbonyl (C=O) groups excluding carboxylic acids is 1. The molecule has 1 aromatic heterocycles. The van der Waals surface area contributed by atoms with Gasteiger partial charge < -0.3 is 5.73 Å². The highest BCUT2D eigenvalue weighted by molar-refractivity contribution is 6.07. The second-order valence-electron chi connectivity index (χ2n) is 3.52. The highest BCUT2D eigenvalue weighted by atomic mass is 16.1. The van der Waals surface area contributed by atoms with E-state index >= 15 is 0 Å². The Morgan fingerprint density at radius 2 is 2.19 bits per heavy atom. The van der Waals surface area contributed by atoms with E-state index in [1.54, 1.807) is 6.08 Å². The van der Waals surface area contributed by atoms with Crippen molar-refractivity contribution < 1.29 is 4.79 Å². The number of aromatic nitrogens is 1. The van der Waals surface area contributed by atoms with Gasteiger partial charge in [-0.15, -0.1) is 6.58 Å². The third kappa shape index (κ3) is 1.67. The van der Waals surface area contributed by atoms with Gasteiger partial charge in [0, 0.05) is 18.0 Å². The van der Waals surface area contributed by atoms with Gasteiger partial charge in [0.15, 0.2) is 5.78 Å². The van der Waals surface area contributed by atoms with Crippen LogP contribution in [0.15, 0.2) is 43.1 Å². The summed E-state index contributed by atoms with van der Waals surface area (Å²) in [6, 6.07) is 7.50. The maximum absolute atomic E-state index is 11.7. The number of para-hydroxylation sites is 1. The number of carbonyl (C=O) groups is 1. The summed E-state index contributed by atoms with van der Waals surface area (Å²) >= 11 is 0. The number of nitrogens with two attached hydrogens (primary N) is 1. The fourth-order valence-corrected chi connectivity index (χ4v) is 1.63. The highest BCUT2D eigenvalue weighted by Gasteiger charge is 2.11. The lowest BCUT2D eigenvalue weighted by Crippen LogP contribution is -2.04. The third-order valence-electron chi connectivity index (χ3n) is 2.45. The number of pyridine rings is 1. The van der Waals surface area contributed by atoms with Crippen LogP contribution in [-0.2, 0) is 0 Å². The normalized spacial score (nSPS) is 10.2. The van der Waals surface area contributed by atoms with Crippen LogP contribution in [0.4, 0.5) is 5.69 Å². The zero-order valence-electron chi connectivity index (χ0n) is 8.81. The van der Waals surface area contributed by atoms with E-state index in [0.29, 0.717) is 11.3 Å². The lowest BCUT2D eigenvalue weighted by Gasteiger charge is -2.06. The molecule has 0 spiro atoms. The topological polar surface area (TPSA) is 56.0 Å². The fourth-order valence-electron chi connectivity index (χ4n) is 1.63. The molecule has 2 rings (SSSR count). The molecular weight excluding hydrogens is 200 g/mol. The Balaban J connectivity index is 2.60. The summed E-state index contributed by atoms with van der Waals surface area (Å²) in [5.74, 6) is -0.0502. The summed E-state index contributed by atoms with van der Waals surface area (Å²) in [6.07, 6.45) is 3.38. The number of Topliss-reactive ketones (excluding diaryl/α,β-unsaturated/α-hetero) is 1. The molecule has 2 N–H and O–H groups in total. The largest absolute Gasteiger partial charge is 0.398 e. The summed E-state index contributed by atoms with van der Waals surface area (Å²) in [5, 5.41) is 0.817. The molecule has 0 saturated heterocycles. The van der Waals surface area contributed by atoms with Crippen LogP contribution in [0.5, 0.6) is 0 Å². The molecule has 0 unspecified atom stereocenters. The van der Waals surface area contributed by atoms with Gasteiger partial charge in [-0.3, -0.25) is 9.78 Å². The van der Waals surface area contributed by atoms with E-state index in [1.165, 1.54) is 6.20 Å². The molecule has 0 saturated carbocycles. The van der Waals surface area contributed by atoms with Crippen molar-refractivity contribution >= 4 is 22.4 Å². The number of allylic oxidation sites excluding steroid dienone is 1. The van der Waals surface area contributed by atoms with Crippen molar-refractivity contribution in [2.75, 3.05) is 5.73 Å². The summed E-state index contributed by atoms with van der Waals surface area (Å²) in [7, 11) is 0. The Bertz CT molecular complexity index is 561. The van der Waals surface area contributed by atoms with Crippen molar-refractivity contribution in [3.05, 3.63) is 48.7 Å². The van der Waals surface area contributed by atoms with E-state index < -0.39 is 0 Å². The molecule has 1 heterocycles. The number of nitrogens with zero attached hydrogens (tertiary/aromatic N) is 1. The van der Waals surface area contributed by atoms with Crippen LogP contribution in [0.1, 0.15) is 16.8 Å². The molecule has 80 valence electrons. The molecule has 3 nitrogen and oxygen atoms in total. The lowest BCUT2D eigenvalue weighted by molar-refractivity contribution is 0.0996. The number of fused-ring (bicyclic) bond motifs is 1. The Labute approximate surface area is 93.6 Å². The molecule has 3 heteroatoms. The fraction of sp³-hybridized carbons (Fsp3) is 0.0769. The van der Waals surface area contributed by atoms with E-state index in [4.69, 9.17) is 5.73 Å². The van der Waals surface area contributed by atoms with Crippen LogP contribution in [0, 0.1) is 0 Å². The van der Waals surface area contributed by atoms with Gasteiger partial charge in [-0.2, -0.15) is 0 Å². The molecule has 0 atom stereocenters. The number of rotatable bonds is 3. The maximum atomic E-state index is 11.7. The van der Waals surface area contributed by atoms with Crippen LogP contribution in [-0.4, -0.2) is 10.8 Å². The van der Waals surface area contributed by atoms with Crippen molar-refractivity contribution in [3.8, 4) is 0 Å². The van der Waals surface area contributed by atoms with Gasteiger partial charge in [0.1, 0.15) is 0 Å². The van der Waals surface area contributed by atoms with Gasteiger partial charge in [-0.25, -0.2) is 0 Å². The average molecular weight is 212 g/mol. The quantitative estimate of drug-likeness (QED) is 0.628. The minimum Gasteiger partial charge on any atom is -0.398 e. The van der Waals surface area contributed by atoms with Crippen molar-refractivity contribution in [1.29, 1.82) is 0 Å². The van der Waals surface area contributed by atoms with Gasteiger partial charge in [0.25, 0.3) is 0 Å². The molecule has 16 heavy (non-hydrogen) atoms. The van der Waals surface area contributed by atoms with E-state index in [1.807, 2.05) is 24.3 Å². The number of hydrogen-bond acceptors (Lipinski definition) is 3. The van der Waals surface area contributed by atoms with Crippen LogP contribution in [0.2, 0.25) is 0 Å². The number of anilines is 1. The van der Waals surface area contributed by atoms with E-state index in [0.717, 1.165) is 10.9 Å². The monoisotopic (exact) mass is 212 g/mol. The second kappa shape index (κ2) is 4.14. The number of hydrogen-bond donors (Lipinski definition) is 1. The molecule has 1 aromatic carbocycles. The second-order valence-corrected chi connectivity index (χ2v) is 3.52. The predicted molar refractivity (Wildman–Crippen MR) is 65.3 cm³/mol. The van der Waals surface area contributed by atoms with Crippen molar-refractivity contribution in [2.45, 2.75) is 6.42 Å². The molecule has 0 aliphatic carbocycles. The molecule has 0 aliphatic rings. The minimum absolute atomic E-state index is 0.0502. The van der Waals surface area contributed by atoms with Crippen molar-refractivity contribution in [1.82, 2.24) is 4.98 Å². The Morgan fingerprint density at radius 1 is 1.44 bits per heavy atom. The Morgan fingerprint density at radius 3 is 2.94 bits per heavy atom. The van der Waals surface area contributed by atoms with Crippen LogP contribution < -0.4 is 5.73 Å². The predicted octanol–water partition coefficient (Wildman–Crippen LogP) is 2.58. The Hall–Kier alpha value is -2.16. The third-order valence-corrected chi connectivity index (χ3v) is 2.45. The van der Waals surface area contributed by atoms with E-state index in [9.17, 15) is 4.79 Å². The summed E-state index contributed by atoms with van der Waals surface area (Å²) in [6.45, 7) is 3.54. The summed E-state index contributed by atoms with van der Waals surface area (Å²) in [4.78, 5) is 15.9. The number of benzene rings is 1. The first-order valence-corrected chi connectivity index (χ1v) is 5.01. The number of ketones is 1. The molecule has 2 aromatic rings. The van der Waals surface area contributed by atoms with Crippen molar-refractivity contribution in [2.24, 2.45) is 0 Å². The summed E-state index contributed by atoms with van der Waals surface area (Å²) in [5.41, 5.74) is 7.72. The zero-order chi connectivity index (χ0) is 11.5. The zero-order valence-corrected chi connectivity index (χ0v) is 8.81. The van der Waals surface area contributed by atoms with E-state index in [-0.39, 0.29) is 12.2 Å². The first kappa shape index (κ1) is 10.4. The van der Waals surface area contributed by atoms with Gasteiger partial charge in [0.2, 0.25) is 0 Å². The lowest BCUT2D eigenvalue weighted by atomic mass is 10.0. The van der Waals surface area contributed by atoms with Crippen LogP contribution in [0.3, 0.4) is 0 Å². The molecule has 0 bridgehead atoms. The van der Waals surface area contributed by atoms with Gasteiger partial charge in [0.05, 0.1) is 16.8 Å². The molecule has 0 radical (unpaired) electrons. The van der Waals surface area contributed by atoms with Crippen LogP contribution >= 0.6 is 0 Å². The van der Waals surface area contributed by atoms with E-state index in [2.05, 4.69) is 11.6 Å². The number of nitrogen functional groups attached to an aromatic ring is 1. The standard InChI is InChI=1S/C13H12N2O/c1-2-5-12(16)10-8-15-11-7-4-3-6-9(11)13(10)14/h2-4,6-8H,1,5H2,(H2,14,15). The molecule has 0 amide bonds. The first-order chi connectivity index (χ1) is 7.74. The Kier molecular flexibility index (Phi) is 2.68. The van der Waals surface area contributed by atoms with Gasteiger partial charge >= 0.3 is 0 Å². The molecule has 0 aliphatic heterocycles. The molecule has 0 fully saturated rings. The average Bonchev–Trinajstić information content (AvgIpc) is 2.30. The van der Waals surface area contributed by atoms with Crippen LogP contribution in [0.25, 0.3) is 10.9 Å². The SMILES string of the molecule is C=CCC(=O)c1cnc2ccccc2c1N. The van der Waals surface area contributed by atoms with Crippen molar-refractivity contribution in [3.63, 3.8) is 0 Å². The van der Waals surface area contributed by atoms with Gasteiger partial charge in [-0.1, -0.05) is 24.3 Å².